The van der Waals surface area contributed by atoms with Gasteiger partial charge in [0, 0.05) is 12.6 Å². The Balaban J connectivity index is 2.16. The van der Waals surface area contributed by atoms with Crippen LogP contribution in [0.5, 0.6) is 5.75 Å². The molecule has 0 saturated carbocycles. The number of rotatable bonds is 11. The maximum atomic E-state index is 9.94. The van der Waals surface area contributed by atoms with E-state index in [0.717, 1.165) is 18.6 Å². The van der Waals surface area contributed by atoms with Crippen LogP contribution in [0.3, 0.4) is 0 Å². The van der Waals surface area contributed by atoms with Crippen LogP contribution in [0.4, 0.5) is 0 Å². The molecular formula is C17H29NO2S. The van der Waals surface area contributed by atoms with E-state index in [4.69, 9.17) is 4.74 Å². The molecular weight excluding hydrogens is 282 g/mol. The van der Waals surface area contributed by atoms with Gasteiger partial charge in [-0.1, -0.05) is 26.0 Å². The van der Waals surface area contributed by atoms with Gasteiger partial charge in [0.1, 0.15) is 18.5 Å². The molecule has 0 aliphatic heterocycles. The predicted molar refractivity (Wildman–Crippen MR) is 92.4 cm³/mol. The van der Waals surface area contributed by atoms with Gasteiger partial charge in [-0.2, -0.15) is 11.8 Å². The molecule has 1 rings (SSSR count). The molecule has 1 aromatic rings. The van der Waals surface area contributed by atoms with Gasteiger partial charge in [0.05, 0.1) is 0 Å². The number of aliphatic hydroxyl groups is 1. The average molecular weight is 311 g/mol. The highest BCUT2D eigenvalue weighted by Crippen LogP contribution is 2.12. The smallest absolute Gasteiger partial charge is 0.119 e. The third-order valence-corrected chi connectivity index (χ3v) is 4.31. The second-order valence-corrected chi connectivity index (χ2v) is 6.65. The molecule has 120 valence electrons. The minimum Gasteiger partial charge on any atom is -0.491 e. The SMILES string of the molecule is CCSCCC(C)NCC(O)COc1ccc(CC)cc1. The fourth-order valence-corrected chi connectivity index (χ4v) is 2.73. The van der Waals surface area contributed by atoms with Gasteiger partial charge in [0.2, 0.25) is 0 Å². The highest BCUT2D eigenvalue weighted by Gasteiger charge is 2.08. The molecule has 0 bridgehead atoms. The highest BCUT2D eigenvalue weighted by molar-refractivity contribution is 7.99. The monoisotopic (exact) mass is 311 g/mol. The van der Waals surface area contributed by atoms with Gasteiger partial charge < -0.3 is 15.2 Å². The molecule has 0 aliphatic rings. The molecule has 2 atom stereocenters. The third kappa shape index (κ3) is 8.34. The molecule has 21 heavy (non-hydrogen) atoms. The first kappa shape index (κ1) is 18.3. The number of benzene rings is 1. The summed E-state index contributed by atoms with van der Waals surface area (Å²) in [5.74, 6) is 3.15. The van der Waals surface area contributed by atoms with Crippen molar-refractivity contribution in [3.8, 4) is 5.75 Å². The standard InChI is InChI=1S/C17H29NO2S/c1-4-15-6-8-17(9-7-15)20-13-16(19)12-18-14(3)10-11-21-5-2/h6-9,14,16,18-19H,4-5,10-13H2,1-3H3. The molecule has 2 unspecified atom stereocenters. The minimum absolute atomic E-state index is 0.328. The van der Waals surface area contributed by atoms with Crippen LogP contribution in [0.2, 0.25) is 0 Å². The molecule has 0 amide bonds. The summed E-state index contributed by atoms with van der Waals surface area (Å²) in [4.78, 5) is 0. The van der Waals surface area contributed by atoms with Crippen LogP contribution in [0.15, 0.2) is 24.3 Å². The van der Waals surface area contributed by atoms with Crippen LogP contribution in [-0.2, 0) is 6.42 Å². The van der Waals surface area contributed by atoms with E-state index in [1.165, 1.54) is 17.1 Å². The molecule has 3 nitrogen and oxygen atoms in total. The van der Waals surface area contributed by atoms with E-state index < -0.39 is 6.10 Å². The first-order valence-electron chi connectivity index (χ1n) is 7.86. The van der Waals surface area contributed by atoms with Gasteiger partial charge in [-0.05, 0) is 49.0 Å². The lowest BCUT2D eigenvalue weighted by atomic mass is 10.2. The van der Waals surface area contributed by atoms with Crippen molar-refractivity contribution in [1.82, 2.24) is 5.32 Å². The van der Waals surface area contributed by atoms with Crippen molar-refractivity contribution in [1.29, 1.82) is 0 Å². The molecule has 4 heteroatoms. The van der Waals surface area contributed by atoms with E-state index in [0.29, 0.717) is 19.2 Å². The molecule has 0 aromatic heterocycles. The topological polar surface area (TPSA) is 41.5 Å². The maximum Gasteiger partial charge on any atom is 0.119 e. The summed E-state index contributed by atoms with van der Waals surface area (Å²) in [7, 11) is 0. The summed E-state index contributed by atoms with van der Waals surface area (Å²) in [6.07, 6.45) is 1.68. The summed E-state index contributed by atoms with van der Waals surface area (Å²) in [6, 6.07) is 8.48. The van der Waals surface area contributed by atoms with E-state index in [-0.39, 0.29) is 0 Å². The lowest BCUT2D eigenvalue weighted by Gasteiger charge is -2.17. The zero-order valence-corrected chi connectivity index (χ0v) is 14.3. The van der Waals surface area contributed by atoms with Crippen molar-refractivity contribution in [2.75, 3.05) is 24.7 Å². The van der Waals surface area contributed by atoms with Gasteiger partial charge in [-0.3, -0.25) is 0 Å². The van der Waals surface area contributed by atoms with Gasteiger partial charge in [0.15, 0.2) is 0 Å². The van der Waals surface area contributed by atoms with E-state index in [2.05, 4.69) is 38.2 Å². The van der Waals surface area contributed by atoms with Crippen molar-refractivity contribution in [2.45, 2.75) is 45.8 Å². The largest absolute Gasteiger partial charge is 0.491 e. The maximum absolute atomic E-state index is 9.94. The van der Waals surface area contributed by atoms with Crippen molar-refractivity contribution >= 4 is 11.8 Å². The van der Waals surface area contributed by atoms with Gasteiger partial charge in [-0.25, -0.2) is 0 Å². The van der Waals surface area contributed by atoms with E-state index in [1.54, 1.807) is 0 Å². The number of hydrogen-bond acceptors (Lipinski definition) is 4. The summed E-state index contributed by atoms with van der Waals surface area (Å²) < 4.78 is 5.60. The number of nitrogens with one attached hydrogen (secondary N) is 1. The van der Waals surface area contributed by atoms with Crippen LogP contribution < -0.4 is 10.1 Å². The summed E-state index contributed by atoms with van der Waals surface area (Å²) in [5, 5.41) is 13.3. The Kier molecular flexibility index (Phi) is 9.55. The lowest BCUT2D eigenvalue weighted by Crippen LogP contribution is -2.36. The Labute approximate surface area is 133 Å². The lowest BCUT2D eigenvalue weighted by molar-refractivity contribution is 0.104. The van der Waals surface area contributed by atoms with Gasteiger partial charge in [0.25, 0.3) is 0 Å². The molecule has 0 fully saturated rings. The molecule has 0 radical (unpaired) electrons. The second kappa shape index (κ2) is 10.9. The van der Waals surface area contributed by atoms with Crippen LogP contribution in [0.25, 0.3) is 0 Å². The third-order valence-electron chi connectivity index (χ3n) is 3.38. The zero-order chi connectivity index (χ0) is 15.5. The molecule has 2 N–H and O–H groups in total. The van der Waals surface area contributed by atoms with Crippen molar-refractivity contribution in [3.63, 3.8) is 0 Å². The van der Waals surface area contributed by atoms with E-state index >= 15 is 0 Å². The normalized spacial score (nSPS) is 13.9. The van der Waals surface area contributed by atoms with Crippen molar-refractivity contribution < 1.29 is 9.84 Å². The summed E-state index contributed by atoms with van der Waals surface area (Å²) in [5.41, 5.74) is 1.29. The molecule has 0 saturated heterocycles. The quantitative estimate of drug-likeness (QED) is 0.616. The predicted octanol–water partition coefficient (Wildman–Crippen LogP) is 3.11. The van der Waals surface area contributed by atoms with Crippen LogP contribution in [-0.4, -0.2) is 41.9 Å². The van der Waals surface area contributed by atoms with Crippen molar-refractivity contribution in [2.24, 2.45) is 0 Å². The first-order valence-corrected chi connectivity index (χ1v) is 9.02. The number of aliphatic hydroxyl groups excluding tert-OH is 1. The van der Waals surface area contributed by atoms with Crippen LogP contribution in [0.1, 0.15) is 32.8 Å². The van der Waals surface area contributed by atoms with Gasteiger partial charge in [-0.15, -0.1) is 0 Å². The van der Waals surface area contributed by atoms with E-state index in [9.17, 15) is 5.11 Å². The Bertz CT molecular complexity index is 370. The summed E-state index contributed by atoms with van der Waals surface area (Å²) >= 11 is 1.95. The number of hydrogen-bond donors (Lipinski definition) is 2. The fourth-order valence-electron chi connectivity index (χ4n) is 1.92. The molecule has 1 aromatic carbocycles. The second-order valence-electron chi connectivity index (χ2n) is 5.26. The average Bonchev–Trinajstić information content (AvgIpc) is 2.51. The Morgan fingerprint density at radius 1 is 1.24 bits per heavy atom. The van der Waals surface area contributed by atoms with Crippen LogP contribution >= 0.6 is 11.8 Å². The minimum atomic E-state index is -0.475. The Morgan fingerprint density at radius 2 is 1.95 bits per heavy atom. The Morgan fingerprint density at radius 3 is 2.57 bits per heavy atom. The highest BCUT2D eigenvalue weighted by atomic mass is 32.2. The zero-order valence-electron chi connectivity index (χ0n) is 13.5. The van der Waals surface area contributed by atoms with E-state index in [1.807, 2.05) is 23.9 Å². The fraction of sp³-hybridized carbons (Fsp3) is 0.647. The number of thioether (sulfide) groups is 1. The van der Waals surface area contributed by atoms with Gasteiger partial charge >= 0.3 is 0 Å². The van der Waals surface area contributed by atoms with Crippen molar-refractivity contribution in [3.05, 3.63) is 29.8 Å². The summed E-state index contributed by atoms with van der Waals surface area (Å²) in [6.45, 7) is 7.37. The first-order chi connectivity index (χ1) is 10.2. The Hall–Kier alpha value is -0.710. The molecule has 0 aliphatic carbocycles. The van der Waals surface area contributed by atoms with Crippen LogP contribution in [0, 0.1) is 0 Å². The number of ether oxygens (including phenoxy) is 1. The molecule has 0 heterocycles. The molecule has 0 spiro atoms. The number of aryl methyl sites for hydroxylation is 1.